The van der Waals surface area contributed by atoms with Crippen LogP contribution in [0.4, 0.5) is 10.6 Å². The van der Waals surface area contributed by atoms with Gasteiger partial charge in [-0.15, -0.1) is 0 Å². The Morgan fingerprint density at radius 3 is 2.46 bits per heavy atom. The number of amides is 3. The van der Waals surface area contributed by atoms with Crippen molar-refractivity contribution in [2.75, 3.05) is 11.9 Å². The molecule has 7 nitrogen and oxygen atoms in total. The first-order valence-corrected chi connectivity index (χ1v) is 9.21. The highest BCUT2D eigenvalue weighted by Gasteiger charge is 2.28. The fourth-order valence-electron chi connectivity index (χ4n) is 3.27. The van der Waals surface area contributed by atoms with Crippen molar-refractivity contribution < 1.29 is 9.59 Å². The van der Waals surface area contributed by atoms with Crippen molar-refractivity contribution in [1.29, 1.82) is 0 Å². The number of H-pyrrole nitrogens is 1. The second-order valence-corrected chi connectivity index (χ2v) is 6.62. The molecule has 1 aliphatic rings. The van der Waals surface area contributed by atoms with Gasteiger partial charge in [-0.1, -0.05) is 42.5 Å². The molecule has 2 aromatic carbocycles. The highest BCUT2D eigenvalue weighted by molar-refractivity contribution is 6.04. The lowest BCUT2D eigenvalue weighted by molar-refractivity contribution is 0.102. The Morgan fingerprint density at radius 1 is 1.04 bits per heavy atom. The van der Waals surface area contributed by atoms with Gasteiger partial charge >= 0.3 is 6.03 Å². The molecule has 2 heterocycles. The van der Waals surface area contributed by atoms with E-state index in [1.165, 1.54) is 0 Å². The summed E-state index contributed by atoms with van der Waals surface area (Å²) < 4.78 is 0. The monoisotopic (exact) mass is 375 g/mol. The normalized spacial score (nSPS) is 12.5. The molecular formula is C21H21N5O2. The Bertz CT molecular complexity index is 995. The number of carbonyl (C=O) groups is 2. The minimum atomic E-state index is -0.231. The number of hydrogen-bond donors (Lipinski definition) is 3. The van der Waals surface area contributed by atoms with Crippen molar-refractivity contribution in [3.63, 3.8) is 0 Å². The maximum absolute atomic E-state index is 12.6. The van der Waals surface area contributed by atoms with E-state index in [0.29, 0.717) is 31.0 Å². The molecule has 3 aromatic rings. The Kier molecular flexibility index (Phi) is 4.80. The van der Waals surface area contributed by atoms with Crippen molar-refractivity contribution in [2.45, 2.75) is 20.0 Å². The molecule has 1 aromatic heterocycles. The molecule has 3 N–H and O–H groups in total. The fraction of sp³-hybridized carbons (Fsp3) is 0.190. The topological polar surface area (TPSA) is 90.1 Å². The molecule has 142 valence electrons. The highest BCUT2D eigenvalue weighted by Crippen LogP contribution is 2.27. The Balaban J connectivity index is 1.45. The van der Waals surface area contributed by atoms with E-state index in [1.807, 2.05) is 49.4 Å². The Labute approximate surface area is 162 Å². The van der Waals surface area contributed by atoms with Crippen LogP contribution in [0, 0.1) is 0 Å². The third-order valence-electron chi connectivity index (χ3n) is 4.75. The molecule has 0 spiro atoms. The molecule has 28 heavy (non-hydrogen) atoms. The van der Waals surface area contributed by atoms with Crippen molar-refractivity contribution in [3.05, 3.63) is 71.4 Å². The molecule has 3 amide bonds. The predicted molar refractivity (Wildman–Crippen MR) is 107 cm³/mol. The van der Waals surface area contributed by atoms with Gasteiger partial charge in [0.15, 0.2) is 5.82 Å². The lowest BCUT2D eigenvalue weighted by atomic mass is 10.0. The number of urea groups is 1. The first kappa shape index (κ1) is 17.8. The number of carbonyl (C=O) groups excluding carboxylic acids is 2. The molecule has 1 aliphatic heterocycles. The van der Waals surface area contributed by atoms with Crippen LogP contribution in [-0.2, 0) is 13.1 Å². The lowest BCUT2D eigenvalue weighted by Gasteiger charge is -2.15. The number of benzene rings is 2. The van der Waals surface area contributed by atoms with E-state index >= 15 is 0 Å². The van der Waals surface area contributed by atoms with E-state index < -0.39 is 0 Å². The number of aromatic nitrogens is 2. The number of fused-ring (bicyclic) bond motifs is 1. The van der Waals surface area contributed by atoms with Crippen LogP contribution in [0.5, 0.6) is 0 Å². The van der Waals surface area contributed by atoms with Gasteiger partial charge in [-0.25, -0.2) is 4.79 Å². The largest absolute Gasteiger partial charge is 0.338 e. The molecule has 0 saturated heterocycles. The molecule has 7 heteroatoms. The predicted octanol–water partition coefficient (Wildman–Crippen LogP) is 3.37. The number of rotatable bonds is 4. The van der Waals surface area contributed by atoms with Crippen LogP contribution in [0.15, 0.2) is 54.6 Å². The zero-order chi connectivity index (χ0) is 19.5. The van der Waals surface area contributed by atoms with E-state index in [4.69, 9.17) is 0 Å². The zero-order valence-corrected chi connectivity index (χ0v) is 15.5. The summed E-state index contributed by atoms with van der Waals surface area (Å²) in [7, 11) is 0. The van der Waals surface area contributed by atoms with Gasteiger partial charge in [-0.05, 0) is 30.2 Å². The molecule has 0 saturated carbocycles. The molecule has 0 radical (unpaired) electrons. The van der Waals surface area contributed by atoms with Crippen LogP contribution in [0.3, 0.4) is 0 Å². The van der Waals surface area contributed by atoms with Crippen LogP contribution in [0.1, 0.15) is 28.5 Å². The summed E-state index contributed by atoms with van der Waals surface area (Å²) in [6.07, 6.45) is 0. The standard InChI is InChI=1S/C21H21N5O2/c1-2-22-21(28)26-12-17-18(13-26)24-25-19(17)23-20(27)16-10-8-15(9-11-16)14-6-4-3-5-7-14/h3-11H,2,12-13H2,1H3,(H,22,28)(H2,23,24,25,27). The van der Waals surface area contributed by atoms with Gasteiger partial charge < -0.3 is 15.5 Å². The second kappa shape index (κ2) is 7.56. The van der Waals surface area contributed by atoms with E-state index in [9.17, 15) is 9.59 Å². The van der Waals surface area contributed by atoms with Crippen LogP contribution >= 0.6 is 0 Å². The summed E-state index contributed by atoms with van der Waals surface area (Å²) in [6, 6.07) is 17.3. The first-order valence-electron chi connectivity index (χ1n) is 9.21. The van der Waals surface area contributed by atoms with Gasteiger partial charge in [0.25, 0.3) is 5.91 Å². The van der Waals surface area contributed by atoms with Crippen molar-refractivity contribution in [1.82, 2.24) is 20.4 Å². The molecule has 0 fully saturated rings. The molecule has 4 rings (SSSR count). The fourth-order valence-corrected chi connectivity index (χ4v) is 3.27. The molecule has 0 aliphatic carbocycles. The van der Waals surface area contributed by atoms with Crippen LogP contribution in [0.25, 0.3) is 11.1 Å². The van der Waals surface area contributed by atoms with E-state index in [2.05, 4.69) is 20.8 Å². The van der Waals surface area contributed by atoms with Crippen LogP contribution in [0.2, 0.25) is 0 Å². The van der Waals surface area contributed by atoms with E-state index in [0.717, 1.165) is 22.4 Å². The quantitative estimate of drug-likeness (QED) is 0.653. The average molecular weight is 375 g/mol. The van der Waals surface area contributed by atoms with Crippen LogP contribution < -0.4 is 10.6 Å². The number of anilines is 1. The van der Waals surface area contributed by atoms with Gasteiger partial charge in [0, 0.05) is 17.7 Å². The first-order chi connectivity index (χ1) is 13.7. The molecule has 0 unspecified atom stereocenters. The summed E-state index contributed by atoms with van der Waals surface area (Å²) in [5.74, 6) is 0.240. The minimum absolute atomic E-state index is 0.124. The van der Waals surface area contributed by atoms with Crippen molar-refractivity contribution >= 4 is 17.8 Å². The third kappa shape index (κ3) is 3.46. The zero-order valence-electron chi connectivity index (χ0n) is 15.5. The van der Waals surface area contributed by atoms with Gasteiger partial charge in [-0.3, -0.25) is 9.89 Å². The number of nitrogens with one attached hydrogen (secondary N) is 3. The minimum Gasteiger partial charge on any atom is -0.338 e. The van der Waals surface area contributed by atoms with E-state index in [-0.39, 0.29) is 11.9 Å². The molecule has 0 atom stereocenters. The summed E-state index contributed by atoms with van der Waals surface area (Å²) in [6.45, 7) is 3.32. The maximum atomic E-state index is 12.6. The lowest BCUT2D eigenvalue weighted by Crippen LogP contribution is -2.36. The number of aromatic amines is 1. The van der Waals surface area contributed by atoms with Crippen molar-refractivity contribution in [3.8, 4) is 11.1 Å². The van der Waals surface area contributed by atoms with E-state index in [1.54, 1.807) is 17.0 Å². The SMILES string of the molecule is CCNC(=O)N1Cc2[nH]nc(NC(=O)c3ccc(-c4ccccc4)cc3)c2C1. The summed E-state index contributed by atoms with van der Waals surface area (Å²) in [4.78, 5) is 26.3. The van der Waals surface area contributed by atoms with Gasteiger partial charge in [0.05, 0.1) is 18.8 Å². The Hall–Kier alpha value is -3.61. The third-order valence-corrected chi connectivity index (χ3v) is 4.75. The maximum Gasteiger partial charge on any atom is 0.318 e. The number of hydrogen-bond acceptors (Lipinski definition) is 3. The van der Waals surface area contributed by atoms with Gasteiger partial charge in [-0.2, -0.15) is 5.10 Å². The Morgan fingerprint density at radius 2 is 1.75 bits per heavy atom. The summed E-state index contributed by atoms with van der Waals surface area (Å²) in [5.41, 5.74) is 4.40. The number of nitrogens with zero attached hydrogens (tertiary/aromatic N) is 2. The average Bonchev–Trinajstić information content (AvgIpc) is 3.31. The van der Waals surface area contributed by atoms with Gasteiger partial charge in [0.1, 0.15) is 0 Å². The smallest absolute Gasteiger partial charge is 0.318 e. The van der Waals surface area contributed by atoms with Crippen molar-refractivity contribution in [2.24, 2.45) is 0 Å². The molecular weight excluding hydrogens is 354 g/mol. The van der Waals surface area contributed by atoms with Gasteiger partial charge in [0.2, 0.25) is 0 Å². The highest BCUT2D eigenvalue weighted by atomic mass is 16.2. The summed E-state index contributed by atoms with van der Waals surface area (Å²) in [5, 5.41) is 12.7. The second-order valence-electron chi connectivity index (χ2n) is 6.62. The molecule has 0 bridgehead atoms. The van der Waals surface area contributed by atoms with Crippen LogP contribution in [-0.4, -0.2) is 33.6 Å². The summed E-state index contributed by atoms with van der Waals surface area (Å²) >= 11 is 0.